The van der Waals surface area contributed by atoms with Crippen LogP contribution in [0.2, 0.25) is 0 Å². The van der Waals surface area contributed by atoms with Crippen LogP contribution in [-0.4, -0.2) is 34.5 Å². The molecule has 0 radical (unpaired) electrons. The highest BCUT2D eigenvalue weighted by Gasteiger charge is 2.33. The summed E-state index contributed by atoms with van der Waals surface area (Å²) in [6.07, 6.45) is 0.597. The van der Waals surface area contributed by atoms with Crippen molar-refractivity contribution in [2.45, 2.75) is 18.9 Å². The molecule has 1 fully saturated rings. The van der Waals surface area contributed by atoms with E-state index in [1.807, 2.05) is 6.07 Å². The molecule has 1 aromatic rings. The van der Waals surface area contributed by atoms with Crippen molar-refractivity contribution in [2.24, 2.45) is 0 Å². The van der Waals surface area contributed by atoms with Gasteiger partial charge in [-0.25, -0.2) is 4.79 Å². The lowest BCUT2D eigenvalue weighted by Crippen LogP contribution is -2.36. The Balaban J connectivity index is 2.06. The highest BCUT2D eigenvalue weighted by Crippen LogP contribution is 2.26. The Morgan fingerprint density at radius 2 is 1.94 bits per heavy atom. The van der Waals surface area contributed by atoms with Crippen LogP contribution < -0.4 is 0 Å². The minimum atomic E-state index is -1.06. The van der Waals surface area contributed by atoms with Crippen molar-refractivity contribution in [3.63, 3.8) is 0 Å². The molecular weight excluding hydrogens is 232 g/mol. The molecule has 0 aromatic heterocycles. The molecule has 5 heteroatoms. The Morgan fingerprint density at radius 3 is 2.39 bits per heavy atom. The van der Waals surface area contributed by atoms with Gasteiger partial charge in [-0.15, -0.1) is 0 Å². The number of carbonyl (C=O) groups is 2. The molecule has 0 heterocycles. The second-order valence-corrected chi connectivity index (χ2v) is 4.25. The van der Waals surface area contributed by atoms with E-state index in [4.69, 9.17) is 10.4 Å². The van der Waals surface area contributed by atoms with Crippen molar-refractivity contribution in [3.05, 3.63) is 35.4 Å². The van der Waals surface area contributed by atoms with Crippen LogP contribution in [0.25, 0.3) is 0 Å². The molecular formula is C13H12N2O3. The van der Waals surface area contributed by atoms with E-state index >= 15 is 0 Å². The summed E-state index contributed by atoms with van der Waals surface area (Å²) in [5, 5.41) is 17.6. The Hall–Kier alpha value is -2.35. The molecule has 1 N–H and O–H groups in total. The van der Waals surface area contributed by atoms with E-state index in [-0.39, 0.29) is 18.4 Å². The molecule has 0 spiro atoms. The van der Waals surface area contributed by atoms with E-state index in [0.29, 0.717) is 11.1 Å². The third kappa shape index (κ3) is 2.66. The van der Waals surface area contributed by atoms with Crippen LogP contribution in [-0.2, 0) is 0 Å². The van der Waals surface area contributed by atoms with Crippen LogP contribution >= 0.6 is 0 Å². The van der Waals surface area contributed by atoms with Crippen LogP contribution in [0.3, 0.4) is 0 Å². The van der Waals surface area contributed by atoms with E-state index < -0.39 is 6.09 Å². The number of amides is 1. The monoisotopic (exact) mass is 244 g/mol. The van der Waals surface area contributed by atoms with E-state index in [1.165, 1.54) is 4.90 Å². The predicted octanol–water partition coefficient (Wildman–Crippen LogP) is 1.88. The molecule has 0 unspecified atom stereocenters. The molecule has 5 nitrogen and oxygen atoms in total. The Bertz CT molecular complexity index is 512. The quantitative estimate of drug-likeness (QED) is 0.820. The Morgan fingerprint density at radius 1 is 1.33 bits per heavy atom. The number of benzene rings is 1. The maximum absolute atomic E-state index is 11.9. The Labute approximate surface area is 104 Å². The zero-order chi connectivity index (χ0) is 13.1. The fourth-order valence-corrected chi connectivity index (χ4v) is 1.72. The molecule has 0 atom stereocenters. The van der Waals surface area contributed by atoms with Gasteiger partial charge in [0.2, 0.25) is 0 Å². The third-order valence-electron chi connectivity index (χ3n) is 2.88. The van der Waals surface area contributed by atoms with Gasteiger partial charge >= 0.3 is 6.09 Å². The van der Waals surface area contributed by atoms with Gasteiger partial charge < -0.3 is 5.11 Å². The fourth-order valence-electron chi connectivity index (χ4n) is 1.72. The maximum Gasteiger partial charge on any atom is 0.407 e. The molecule has 1 amide bonds. The van der Waals surface area contributed by atoms with Crippen molar-refractivity contribution >= 4 is 11.9 Å². The summed E-state index contributed by atoms with van der Waals surface area (Å²) in [4.78, 5) is 24.1. The topological polar surface area (TPSA) is 81.4 Å². The van der Waals surface area contributed by atoms with Gasteiger partial charge in [0.15, 0.2) is 5.78 Å². The van der Waals surface area contributed by atoms with E-state index in [2.05, 4.69) is 0 Å². The van der Waals surface area contributed by atoms with Crippen molar-refractivity contribution < 1.29 is 14.7 Å². The number of rotatable bonds is 4. The first-order valence-electron chi connectivity index (χ1n) is 5.64. The van der Waals surface area contributed by atoms with Gasteiger partial charge in [0.25, 0.3) is 0 Å². The molecule has 92 valence electrons. The minimum Gasteiger partial charge on any atom is -0.465 e. The third-order valence-corrected chi connectivity index (χ3v) is 2.88. The molecule has 2 rings (SSSR count). The average molecular weight is 244 g/mol. The second-order valence-electron chi connectivity index (χ2n) is 4.25. The highest BCUT2D eigenvalue weighted by atomic mass is 16.4. The van der Waals surface area contributed by atoms with Crippen LogP contribution in [0.15, 0.2) is 24.3 Å². The Kier molecular flexibility index (Phi) is 3.28. The second kappa shape index (κ2) is 4.88. The van der Waals surface area contributed by atoms with Gasteiger partial charge in [0.05, 0.1) is 18.2 Å². The summed E-state index contributed by atoms with van der Waals surface area (Å²) in [7, 11) is 0. The largest absolute Gasteiger partial charge is 0.465 e. The normalized spacial score (nSPS) is 13.7. The number of hydrogen-bond donors (Lipinski definition) is 1. The zero-order valence-corrected chi connectivity index (χ0v) is 9.67. The summed E-state index contributed by atoms with van der Waals surface area (Å²) < 4.78 is 0. The molecule has 0 aliphatic heterocycles. The SMILES string of the molecule is N#Cc1ccc(C(=O)CN(C(=O)O)C2CC2)cc1. The standard InChI is InChI=1S/C13H12N2O3/c14-7-9-1-3-10(4-2-9)12(16)8-15(13(17)18)11-5-6-11/h1-4,11H,5-6,8H2,(H,17,18). The summed E-state index contributed by atoms with van der Waals surface area (Å²) in [5.74, 6) is -0.242. The number of nitrogens with zero attached hydrogens (tertiary/aromatic N) is 2. The molecule has 0 saturated heterocycles. The molecule has 1 saturated carbocycles. The number of Topliss-reactive ketones (excluding diaryl/α,β-unsaturated/α-hetero) is 1. The maximum atomic E-state index is 11.9. The lowest BCUT2D eigenvalue weighted by molar-refractivity contribution is 0.0900. The number of carboxylic acid groups (broad SMARTS) is 1. The van der Waals surface area contributed by atoms with Gasteiger partial charge in [-0.3, -0.25) is 9.69 Å². The molecule has 18 heavy (non-hydrogen) atoms. The average Bonchev–Trinajstić information content (AvgIpc) is 3.19. The van der Waals surface area contributed by atoms with Crippen molar-refractivity contribution in [3.8, 4) is 6.07 Å². The number of ketones is 1. The van der Waals surface area contributed by atoms with Crippen LogP contribution in [0.4, 0.5) is 4.79 Å². The van der Waals surface area contributed by atoms with Gasteiger partial charge in [0, 0.05) is 11.6 Å². The fraction of sp³-hybridized carbons (Fsp3) is 0.308. The minimum absolute atomic E-state index is 0.00942. The van der Waals surface area contributed by atoms with Gasteiger partial charge in [-0.2, -0.15) is 5.26 Å². The van der Waals surface area contributed by atoms with Crippen LogP contribution in [0, 0.1) is 11.3 Å². The van der Waals surface area contributed by atoms with Gasteiger partial charge in [0.1, 0.15) is 0 Å². The summed E-state index contributed by atoms with van der Waals surface area (Å²) >= 11 is 0. The van der Waals surface area contributed by atoms with E-state index in [1.54, 1.807) is 24.3 Å². The number of nitriles is 1. The van der Waals surface area contributed by atoms with Crippen molar-refractivity contribution in [1.82, 2.24) is 4.90 Å². The van der Waals surface area contributed by atoms with E-state index in [0.717, 1.165) is 12.8 Å². The first-order chi connectivity index (χ1) is 8.61. The smallest absolute Gasteiger partial charge is 0.407 e. The first-order valence-corrected chi connectivity index (χ1v) is 5.64. The summed E-state index contributed by atoms with van der Waals surface area (Å²) in [6, 6.07) is 8.16. The van der Waals surface area contributed by atoms with Gasteiger partial charge in [-0.1, -0.05) is 12.1 Å². The zero-order valence-electron chi connectivity index (χ0n) is 9.67. The predicted molar refractivity (Wildman–Crippen MR) is 63.2 cm³/mol. The van der Waals surface area contributed by atoms with Crippen molar-refractivity contribution in [1.29, 1.82) is 5.26 Å². The van der Waals surface area contributed by atoms with Crippen LogP contribution in [0.5, 0.6) is 0 Å². The van der Waals surface area contributed by atoms with E-state index in [9.17, 15) is 9.59 Å². The lowest BCUT2D eigenvalue weighted by Gasteiger charge is -2.17. The highest BCUT2D eigenvalue weighted by molar-refractivity contribution is 5.99. The van der Waals surface area contributed by atoms with Gasteiger partial charge in [-0.05, 0) is 25.0 Å². The first kappa shape index (κ1) is 12.1. The molecule has 0 bridgehead atoms. The van der Waals surface area contributed by atoms with Crippen molar-refractivity contribution in [2.75, 3.05) is 6.54 Å². The summed E-state index contributed by atoms with van der Waals surface area (Å²) in [6.45, 7) is -0.119. The number of hydrogen-bond acceptors (Lipinski definition) is 3. The van der Waals surface area contributed by atoms with Crippen LogP contribution in [0.1, 0.15) is 28.8 Å². The number of carbonyl (C=O) groups excluding carboxylic acids is 1. The molecule has 1 aromatic carbocycles. The summed E-state index contributed by atoms with van der Waals surface area (Å²) in [5.41, 5.74) is 0.907. The lowest BCUT2D eigenvalue weighted by atomic mass is 10.1. The molecule has 1 aliphatic rings. The molecule has 1 aliphatic carbocycles.